The molecule has 0 aliphatic carbocycles. The molecule has 141 valence electrons. The molecule has 0 saturated carbocycles. The van der Waals surface area contributed by atoms with Crippen LogP contribution in [0.3, 0.4) is 0 Å². The van der Waals surface area contributed by atoms with Gasteiger partial charge in [-0.2, -0.15) is 0 Å². The molecule has 0 atom stereocenters. The standard InChI is InChI=1S/C21H24N3O3/c22-21(26)24-14-12-23(13-15-24)20(25)11-8-17-6-9-19(10-7-17)27-16-18-4-2-1-3-5-18/h1-7,9-11H,8,12-16H2,(H2,22,26). The predicted molar refractivity (Wildman–Crippen MR) is 103 cm³/mol. The Morgan fingerprint density at radius 2 is 1.52 bits per heavy atom. The third-order valence-electron chi connectivity index (χ3n) is 4.59. The SMILES string of the molecule is NC(=O)N1CCN(C(=O)[CH]Cc2ccc(OCc3ccccc3)cc2)CC1. The molecule has 1 radical (unpaired) electrons. The lowest BCUT2D eigenvalue weighted by atomic mass is 10.1. The monoisotopic (exact) mass is 366 g/mol. The van der Waals surface area contributed by atoms with Gasteiger partial charge in [-0.05, 0) is 29.7 Å². The molecule has 1 saturated heterocycles. The zero-order valence-electron chi connectivity index (χ0n) is 15.2. The molecule has 6 nitrogen and oxygen atoms in total. The van der Waals surface area contributed by atoms with Gasteiger partial charge in [0.2, 0.25) is 5.91 Å². The minimum atomic E-state index is -0.430. The third-order valence-corrected chi connectivity index (χ3v) is 4.59. The van der Waals surface area contributed by atoms with Crippen molar-refractivity contribution in [3.8, 4) is 5.75 Å². The van der Waals surface area contributed by atoms with Crippen LogP contribution >= 0.6 is 0 Å². The number of carbonyl (C=O) groups excluding carboxylic acids is 2. The van der Waals surface area contributed by atoms with Crippen molar-refractivity contribution in [1.82, 2.24) is 9.80 Å². The predicted octanol–water partition coefficient (Wildman–Crippen LogP) is 2.24. The van der Waals surface area contributed by atoms with Crippen molar-refractivity contribution in [2.75, 3.05) is 26.2 Å². The van der Waals surface area contributed by atoms with E-state index in [9.17, 15) is 9.59 Å². The van der Waals surface area contributed by atoms with Crippen LogP contribution in [0.1, 0.15) is 11.1 Å². The van der Waals surface area contributed by atoms with Crippen LogP contribution in [0.4, 0.5) is 4.79 Å². The number of nitrogens with two attached hydrogens (primary N) is 1. The number of hydrogen-bond donors (Lipinski definition) is 1. The number of amides is 3. The maximum Gasteiger partial charge on any atom is 0.314 e. The van der Waals surface area contributed by atoms with E-state index < -0.39 is 6.03 Å². The molecule has 3 amide bonds. The molecule has 0 spiro atoms. The van der Waals surface area contributed by atoms with Crippen LogP contribution < -0.4 is 10.5 Å². The number of urea groups is 1. The van der Waals surface area contributed by atoms with E-state index in [-0.39, 0.29) is 5.91 Å². The lowest BCUT2D eigenvalue weighted by Gasteiger charge is -2.33. The molecule has 6 heteroatoms. The highest BCUT2D eigenvalue weighted by Gasteiger charge is 2.22. The number of ether oxygens (including phenoxy) is 1. The number of primary amides is 1. The Bertz CT molecular complexity index is 754. The van der Waals surface area contributed by atoms with Crippen molar-refractivity contribution in [2.45, 2.75) is 13.0 Å². The first-order chi connectivity index (χ1) is 13.1. The van der Waals surface area contributed by atoms with Crippen molar-refractivity contribution in [2.24, 2.45) is 5.73 Å². The lowest BCUT2D eigenvalue weighted by molar-refractivity contribution is -0.129. The van der Waals surface area contributed by atoms with Crippen molar-refractivity contribution in [3.05, 3.63) is 72.1 Å². The van der Waals surface area contributed by atoms with Crippen LogP contribution in [0.2, 0.25) is 0 Å². The summed E-state index contributed by atoms with van der Waals surface area (Å²) in [5.41, 5.74) is 7.43. The zero-order chi connectivity index (χ0) is 19.1. The summed E-state index contributed by atoms with van der Waals surface area (Å²) >= 11 is 0. The van der Waals surface area contributed by atoms with Crippen molar-refractivity contribution in [1.29, 1.82) is 0 Å². The van der Waals surface area contributed by atoms with Gasteiger partial charge in [0, 0.05) is 26.2 Å². The van der Waals surface area contributed by atoms with Gasteiger partial charge in [0.25, 0.3) is 0 Å². The molecule has 1 heterocycles. The fourth-order valence-corrected chi connectivity index (χ4v) is 2.94. The number of benzene rings is 2. The fraction of sp³-hybridized carbons (Fsp3) is 0.286. The number of hydrogen-bond acceptors (Lipinski definition) is 3. The van der Waals surface area contributed by atoms with Gasteiger partial charge >= 0.3 is 6.03 Å². The van der Waals surface area contributed by atoms with Crippen LogP contribution in [0.25, 0.3) is 0 Å². The van der Waals surface area contributed by atoms with Crippen molar-refractivity contribution in [3.63, 3.8) is 0 Å². The Hall–Kier alpha value is -3.02. The van der Waals surface area contributed by atoms with E-state index in [4.69, 9.17) is 10.5 Å². The molecule has 0 bridgehead atoms. The van der Waals surface area contributed by atoms with Crippen LogP contribution in [0.5, 0.6) is 5.75 Å². The largest absolute Gasteiger partial charge is 0.489 e. The smallest absolute Gasteiger partial charge is 0.314 e. The quantitative estimate of drug-likeness (QED) is 0.852. The fourth-order valence-electron chi connectivity index (χ4n) is 2.94. The van der Waals surface area contributed by atoms with E-state index in [0.717, 1.165) is 16.9 Å². The van der Waals surface area contributed by atoms with Gasteiger partial charge in [-0.1, -0.05) is 42.5 Å². The molecule has 2 aromatic rings. The Morgan fingerprint density at radius 3 is 2.15 bits per heavy atom. The Morgan fingerprint density at radius 1 is 0.889 bits per heavy atom. The highest BCUT2D eigenvalue weighted by molar-refractivity contribution is 5.85. The number of piperazine rings is 1. The third kappa shape index (κ3) is 5.48. The molecule has 0 unspecified atom stereocenters. The van der Waals surface area contributed by atoms with Gasteiger partial charge in [0.15, 0.2) is 0 Å². The van der Waals surface area contributed by atoms with Crippen LogP contribution in [-0.2, 0) is 17.8 Å². The molecule has 1 fully saturated rings. The second-order valence-corrected chi connectivity index (χ2v) is 6.48. The normalized spacial score (nSPS) is 14.1. The van der Waals surface area contributed by atoms with E-state index in [1.54, 1.807) is 16.2 Å². The zero-order valence-corrected chi connectivity index (χ0v) is 15.2. The van der Waals surface area contributed by atoms with E-state index in [2.05, 4.69) is 0 Å². The summed E-state index contributed by atoms with van der Waals surface area (Å²) < 4.78 is 5.77. The van der Waals surface area contributed by atoms with Crippen LogP contribution in [-0.4, -0.2) is 47.9 Å². The highest BCUT2D eigenvalue weighted by atomic mass is 16.5. The van der Waals surface area contributed by atoms with Gasteiger partial charge in [-0.3, -0.25) is 4.79 Å². The first kappa shape index (κ1) is 18.8. The summed E-state index contributed by atoms with van der Waals surface area (Å²) in [4.78, 5) is 26.7. The average molecular weight is 366 g/mol. The molecule has 3 rings (SSSR count). The summed E-state index contributed by atoms with van der Waals surface area (Å²) in [6.45, 7) is 2.54. The second-order valence-electron chi connectivity index (χ2n) is 6.48. The number of rotatable bonds is 6. The first-order valence-corrected chi connectivity index (χ1v) is 9.04. The number of nitrogens with zero attached hydrogens (tertiary/aromatic N) is 2. The Balaban J connectivity index is 1.42. The van der Waals surface area contributed by atoms with Crippen LogP contribution in [0.15, 0.2) is 54.6 Å². The summed E-state index contributed by atoms with van der Waals surface area (Å²) in [6.07, 6.45) is 2.24. The van der Waals surface area contributed by atoms with Gasteiger partial charge in [-0.25, -0.2) is 4.79 Å². The second kappa shape index (κ2) is 9.07. The molecule has 2 N–H and O–H groups in total. The van der Waals surface area contributed by atoms with Gasteiger partial charge in [0.1, 0.15) is 12.4 Å². The molecular formula is C21H24N3O3. The van der Waals surface area contributed by atoms with Crippen molar-refractivity contribution >= 4 is 11.9 Å². The first-order valence-electron chi connectivity index (χ1n) is 9.04. The summed E-state index contributed by atoms with van der Waals surface area (Å²) in [7, 11) is 0. The van der Waals surface area contributed by atoms with E-state index in [1.165, 1.54) is 0 Å². The Labute approximate surface area is 159 Å². The lowest BCUT2D eigenvalue weighted by Crippen LogP contribution is -2.52. The van der Waals surface area contributed by atoms with Crippen molar-refractivity contribution < 1.29 is 14.3 Å². The van der Waals surface area contributed by atoms with E-state index >= 15 is 0 Å². The maximum atomic E-state index is 12.3. The summed E-state index contributed by atoms with van der Waals surface area (Å²) in [5.74, 6) is 0.792. The van der Waals surface area contributed by atoms with Gasteiger partial charge in [-0.15, -0.1) is 0 Å². The topological polar surface area (TPSA) is 75.9 Å². The summed E-state index contributed by atoms with van der Waals surface area (Å²) in [6, 6.07) is 17.4. The van der Waals surface area contributed by atoms with E-state index in [1.807, 2.05) is 54.6 Å². The molecule has 2 aromatic carbocycles. The van der Waals surface area contributed by atoms with Gasteiger partial charge in [0.05, 0.1) is 6.42 Å². The Kier molecular flexibility index (Phi) is 6.30. The van der Waals surface area contributed by atoms with Gasteiger partial charge < -0.3 is 20.3 Å². The minimum absolute atomic E-state index is 0.0106. The van der Waals surface area contributed by atoms with E-state index in [0.29, 0.717) is 39.2 Å². The molecular weight excluding hydrogens is 342 g/mol. The number of carbonyl (C=O) groups is 2. The molecule has 1 aliphatic heterocycles. The maximum absolute atomic E-state index is 12.3. The van der Waals surface area contributed by atoms with Crippen LogP contribution in [0, 0.1) is 6.42 Å². The highest BCUT2D eigenvalue weighted by Crippen LogP contribution is 2.15. The molecule has 1 aliphatic rings. The summed E-state index contributed by atoms with van der Waals surface area (Å²) in [5, 5.41) is 0. The molecule has 27 heavy (non-hydrogen) atoms. The minimum Gasteiger partial charge on any atom is -0.489 e. The molecule has 0 aromatic heterocycles. The average Bonchev–Trinajstić information content (AvgIpc) is 2.72.